The van der Waals surface area contributed by atoms with E-state index in [0.29, 0.717) is 10.8 Å². The van der Waals surface area contributed by atoms with Gasteiger partial charge in [-0.1, -0.05) is 23.5 Å². The number of hydrogen-bond acceptors (Lipinski definition) is 7. The van der Waals surface area contributed by atoms with Gasteiger partial charge in [0.25, 0.3) is 5.91 Å². The average Bonchev–Trinajstić information content (AvgIpc) is 3.40. The summed E-state index contributed by atoms with van der Waals surface area (Å²) in [6.07, 6.45) is 5.05. The molecule has 1 amide bonds. The standard InChI is InChI=1S/C23H23N7OS/c1-14(28-21(31)17-9-19-18(10-25-17)27-13-30(19)4)20-11-26-22(32-20)29-16-7-5-6-15(8-16)23(2,3)12-24/h5-11,13-14H,1-4H3,(H,26,29)(H,28,31). The number of fused-ring (bicyclic) bond motifs is 1. The lowest BCUT2D eigenvalue weighted by Gasteiger charge is -2.16. The van der Waals surface area contributed by atoms with Gasteiger partial charge in [0.05, 0.1) is 35.6 Å². The number of amides is 1. The van der Waals surface area contributed by atoms with Crippen LogP contribution < -0.4 is 10.6 Å². The number of nitrogens with one attached hydrogen (secondary N) is 2. The molecule has 3 aromatic heterocycles. The number of aryl methyl sites for hydroxylation is 1. The van der Waals surface area contributed by atoms with Crippen LogP contribution in [0.25, 0.3) is 11.0 Å². The Labute approximate surface area is 190 Å². The summed E-state index contributed by atoms with van der Waals surface area (Å²) in [6, 6.07) is 11.6. The minimum absolute atomic E-state index is 0.233. The molecule has 3 heterocycles. The summed E-state index contributed by atoms with van der Waals surface area (Å²) in [5.41, 5.74) is 3.16. The highest BCUT2D eigenvalue weighted by molar-refractivity contribution is 7.15. The highest BCUT2D eigenvalue weighted by atomic mass is 32.1. The average molecular weight is 446 g/mol. The summed E-state index contributed by atoms with van der Waals surface area (Å²) in [7, 11) is 1.88. The summed E-state index contributed by atoms with van der Waals surface area (Å²) >= 11 is 1.46. The van der Waals surface area contributed by atoms with Crippen LogP contribution in [0.3, 0.4) is 0 Å². The Balaban J connectivity index is 1.45. The van der Waals surface area contributed by atoms with E-state index in [2.05, 4.69) is 31.7 Å². The first-order valence-electron chi connectivity index (χ1n) is 10.1. The van der Waals surface area contributed by atoms with Crippen molar-refractivity contribution < 1.29 is 4.79 Å². The smallest absolute Gasteiger partial charge is 0.270 e. The number of thiazole rings is 1. The van der Waals surface area contributed by atoms with Gasteiger partial charge in [-0.05, 0) is 44.5 Å². The molecule has 162 valence electrons. The zero-order valence-corrected chi connectivity index (χ0v) is 19.1. The molecule has 0 saturated heterocycles. The molecule has 0 aliphatic carbocycles. The van der Waals surface area contributed by atoms with Crippen LogP contribution in [0.1, 0.15) is 47.7 Å². The van der Waals surface area contributed by atoms with E-state index in [4.69, 9.17) is 0 Å². The second-order valence-electron chi connectivity index (χ2n) is 8.12. The van der Waals surface area contributed by atoms with Crippen molar-refractivity contribution in [3.8, 4) is 6.07 Å². The number of carbonyl (C=O) groups excluding carboxylic acids is 1. The summed E-state index contributed by atoms with van der Waals surface area (Å²) in [5.74, 6) is -0.255. The molecule has 2 N–H and O–H groups in total. The van der Waals surface area contributed by atoms with E-state index in [1.54, 1.807) is 24.8 Å². The Kier molecular flexibility index (Phi) is 5.63. The zero-order valence-electron chi connectivity index (χ0n) is 18.2. The highest BCUT2D eigenvalue weighted by Crippen LogP contribution is 2.29. The largest absolute Gasteiger partial charge is 0.343 e. The van der Waals surface area contributed by atoms with Gasteiger partial charge in [0, 0.05) is 23.8 Å². The third-order valence-corrected chi connectivity index (χ3v) is 6.35. The van der Waals surface area contributed by atoms with Crippen LogP contribution in [-0.4, -0.2) is 25.4 Å². The zero-order chi connectivity index (χ0) is 22.9. The van der Waals surface area contributed by atoms with Gasteiger partial charge in [0.1, 0.15) is 11.2 Å². The minimum Gasteiger partial charge on any atom is -0.343 e. The van der Waals surface area contributed by atoms with Crippen LogP contribution in [-0.2, 0) is 12.5 Å². The van der Waals surface area contributed by atoms with Crippen molar-refractivity contribution in [1.82, 2.24) is 24.8 Å². The van der Waals surface area contributed by atoms with Crippen LogP contribution in [0, 0.1) is 11.3 Å². The maximum Gasteiger partial charge on any atom is 0.270 e. The van der Waals surface area contributed by atoms with E-state index in [-0.39, 0.29) is 11.9 Å². The van der Waals surface area contributed by atoms with Gasteiger partial charge in [-0.3, -0.25) is 4.79 Å². The molecule has 32 heavy (non-hydrogen) atoms. The number of pyridine rings is 1. The maximum atomic E-state index is 12.7. The number of rotatable bonds is 6. The van der Waals surface area contributed by atoms with Crippen molar-refractivity contribution in [2.75, 3.05) is 5.32 Å². The topological polar surface area (TPSA) is 109 Å². The van der Waals surface area contributed by atoms with Crippen molar-refractivity contribution in [2.45, 2.75) is 32.2 Å². The van der Waals surface area contributed by atoms with Gasteiger partial charge in [-0.2, -0.15) is 5.26 Å². The molecule has 1 atom stereocenters. The molecule has 0 saturated carbocycles. The molecule has 0 fully saturated rings. The van der Waals surface area contributed by atoms with Crippen LogP contribution >= 0.6 is 11.3 Å². The molecule has 0 aliphatic heterocycles. The predicted molar refractivity (Wildman–Crippen MR) is 125 cm³/mol. The molecule has 0 aliphatic rings. The lowest BCUT2D eigenvalue weighted by molar-refractivity contribution is 0.0935. The second kappa shape index (κ2) is 8.40. The van der Waals surface area contributed by atoms with E-state index in [1.165, 1.54) is 11.3 Å². The number of benzene rings is 1. The van der Waals surface area contributed by atoms with E-state index < -0.39 is 5.41 Å². The number of imidazole rings is 1. The molecule has 9 heteroatoms. The van der Waals surface area contributed by atoms with Crippen molar-refractivity contribution in [2.24, 2.45) is 7.05 Å². The summed E-state index contributed by atoms with van der Waals surface area (Å²) < 4.78 is 1.85. The number of nitrogens with zero attached hydrogens (tertiary/aromatic N) is 5. The monoisotopic (exact) mass is 445 g/mol. The molecule has 8 nitrogen and oxygen atoms in total. The van der Waals surface area contributed by atoms with Crippen LogP contribution in [0.2, 0.25) is 0 Å². The van der Waals surface area contributed by atoms with Crippen molar-refractivity contribution in [1.29, 1.82) is 5.26 Å². The normalized spacial score (nSPS) is 12.3. The Morgan fingerprint density at radius 2 is 2.03 bits per heavy atom. The molecule has 1 aromatic carbocycles. The number of aromatic nitrogens is 4. The van der Waals surface area contributed by atoms with Gasteiger partial charge >= 0.3 is 0 Å². The van der Waals surface area contributed by atoms with Gasteiger partial charge < -0.3 is 15.2 Å². The van der Waals surface area contributed by atoms with E-state index >= 15 is 0 Å². The molecular weight excluding hydrogens is 422 g/mol. The predicted octanol–water partition coefficient (Wildman–Crippen LogP) is 4.46. The van der Waals surface area contributed by atoms with Gasteiger partial charge in [0.2, 0.25) is 0 Å². The molecule has 0 radical (unpaired) electrons. The Bertz CT molecular complexity index is 1330. The first-order chi connectivity index (χ1) is 15.3. The van der Waals surface area contributed by atoms with E-state index in [1.807, 2.05) is 56.7 Å². The molecule has 4 rings (SSSR count). The number of nitriles is 1. The fraction of sp³-hybridized carbons (Fsp3) is 0.261. The van der Waals surface area contributed by atoms with E-state index in [9.17, 15) is 10.1 Å². The van der Waals surface area contributed by atoms with Gasteiger partial charge in [-0.25, -0.2) is 15.0 Å². The van der Waals surface area contributed by atoms with E-state index in [0.717, 1.165) is 27.2 Å². The van der Waals surface area contributed by atoms with Gasteiger partial charge in [-0.15, -0.1) is 0 Å². The lowest BCUT2D eigenvalue weighted by Crippen LogP contribution is -2.26. The van der Waals surface area contributed by atoms with Crippen molar-refractivity contribution in [3.05, 3.63) is 65.2 Å². The van der Waals surface area contributed by atoms with Crippen LogP contribution in [0.5, 0.6) is 0 Å². The quantitative estimate of drug-likeness (QED) is 0.454. The number of carbonyl (C=O) groups is 1. The fourth-order valence-electron chi connectivity index (χ4n) is 3.21. The first-order valence-corrected chi connectivity index (χ1v) is 10.9. The summed E-state index contributed by atoms with van der Waals surface area (Å²) in [4.78, 5) is 26.5. The number of hydrogen-bond donors (Lipinski definition) is 2. The van der Waals surface area contributed by atoms with Crippen LogP contribution in [0.4, 0.5) is 10.8 Å². The molecule has 1 unspecified atom stereocenters. The minimum atomic E-state index is -0.572. The molecule has 0 spiro atoms. The number of anilines is 2. The fourth-order valence-corrected chi connectivity index (χ4v) is 4.05. The van der Waals surface area contributed by atoms with Crippen LogP contribution in [0.15, 0.2) is 49.1 Å². The lowest BCUT2D eigenvalue weighted by atomic mass is 9.86. The first kappa shape index (κ1) is 21.5. The summed E-state index contributed by atoms with van der Waals surface area (Å²) in [5, 5.41) is 16.4. The van der Waals surface area contributed by atoms with Crippen molar-refractivity contribution in [3.63, 3.8) is 0 Å². The Morgan fingerprint density at radius 3 is 2.81 bits per heavy atom. The maximum absolute atomic E-state index is 12.7. The molecule has 4 aromatic rings. The molecular formula is C23H23N7OS. The Morgan fingerprint density at radius 1 is 1.22 bits per heavy atom. The summed E-state index contributed by atoms with van der Waals surface area (Å²) in [6.45, 7) is 5.69. The Hall–Kier alpha value is -3.77. The highest BCUT2D eigenvalue weighted by Gasteiger charge is 2.20. The SMILES string of the molecule is CC(NC(=O)c1cc2c(cn1)ncn2C)c1cnc(Nc2cccc(C(C)(C)C#N)c2)s1. The molecule has 0 bridgehead atoms. The van der Waals surface area contributed by atoms with Crippen molar-refractivity contribution >= 4 is 39.1 Å². The van der Waals surface area contributed by atoms with Gasteiger partial charge in [0.15, 0.2) is 5.13 Å². The second-order valence-corrected chi connectivity index (χ2v) is 9.18. The third-order valence-electron chi connectivity index (χ3n) is 5.26. The third kappa shape index (κ3) is 4.31.